The topological polar surface area (TPSA) is 245 Å². The molecule has 0 atom stereocenters. The third-order valence-corrected chi connectivity index (χ3v) is 6.40. The van der Waals surface area contributed by atoms with Crippen LogP contribution in [0.15, 0.2) is 0 Å². The average Bonchev–Trinajstić information content (AvgIpc) is 2.51. The Bertz CT molecular complexity index is 528. The van der Waals surface area contributed by atoms with Crippen molar-refractivity contribution in [3.63, 3.8) is 0 Å². The van der Waals surface area contributed by atoms with E-state index < -0.39 is 31.3 Å². The molecule has 0 radical (unpaired) electrons. The van der Waals surface area contributed by atoms with E-state index in [1.165, 1.54) is 0 Å². The normalized spacial score (nSPS) is 11.9. The molecule has 0 fully saturated rings. The molecule has 0 saturated carbocycles. The Labute approximate surface area is 196 Å². The smallest absolute Gasteiger partial charge is 0.394 e. The molecule has 0 aliphatic heterocycles. The summed E-state index contributed by atoms with van der Waals surface area (Å²) in [6.45, 7) is 6.89. The van der Waals surface area contributed by atoms with Crippen LogP contribution < -0.4 is 0 Å². The molecular formula is C10H32O16P4Ti. The van der Waals surface area contributed by atoms with E-state index in [4.69, 9.17) is 29.8 Å². The summed E-state index contributed by atoms with van der Waals surface area (Å²) >= 11 is 0. The summed E-state index contributed by atoms with van der Waals surface area (Å²) in [5.41, 5.74) is 0. The molecular weight excluding hydrogens is 548 g/mol. The van der Waals surface area contributed by atoms with Gasteiger partial charge in [-0.25, -0.2) is 18.3 Å². The maximum absolute atomic E-state index is 10.8. The molecule has 6 N–H and O–H groups in total. The molecule has 0 bridgehead atoms. The molecule has 0 aromatic heterocycles. The first-order chi connectivity index (χ1) is 13.1. The van der Waals surface area contributed by atoms with Crippen LogP contribution in [0.25, 0.3) is 0 Å². The van der Waals surface area contributed by atoms with E-state index >= 15 is 0 Å². The molecule has 31 heavy (non-hydrogen) atoms. The van der Waals surface area contributed by atoms with Gasteiger partial charge in [0.15, 0.2) is 0 Å². The average molecular weight is 580 g/mol. The van der Waals surface area contributed by atoms with Gasteiger partial charge in [-0.2, -0.15) is 8.62 Å². The Morgan fingerprint density at radius 2 is 0.677 bits per heavy atom. The minimum Gasteiger partial charge on any atom is -0.394 e. The van der Waals surface area contributed by atoms with Crippen molar-refractivity contribution in [1.29, 1.82) is 0 Å². The van der Waals surface area contributed by atoms with Crippen LogP contribution in [-0.4, -0.2) is 70.4 Å². The number of aliphatic hydroxyl groups is 2. The van der Waals surface area contributed by atoms with E-state index in [-0.39, 0.29) is 33.9 Å². The van der Waals surface area contributed by atoms with Gasteiger partial charge in [0, 0.05) is 62.4 Å². The van der Waals surface area contributed by atoms with Crippen molar-refractivity contribution in [1.82, 2.24) is 0 Å². The van der Waals surface area contributed by atoms with Crippen LogP contribution in [0.4, 0.5) is 0 Å². The fraction of sp³-hybridized carbons (Fsp3) is 1.00. The molecule has 0 amide bonds. The second-order valence-corrected chi connectivity index (χ2v) is 11.5. The molecule has 16 nitrogen and oxygen atoms in total. The van der Waals surface area contributed by atoms with Crippen molar-refractivity contribution >= 4 is 31.3 Å². The van der Waals surface area contributed by atoms with Gasteiger partial charge >= 0.3 is 31.3 Å². The summed E-state index contributed by atoms with van der Waals surface area (Å²) in [7, 11) is -14.0. The summed E-state index contributed by atoms with van der Waals surface area (Å²) in [6, 6.07) is 0. The zero-order chi connectivity index (χ0) is 25.4. The summed E-state index contributed by atoms with van der Waals surface area (Å²) < 4.78 is 65.6. The zero-order valence-corrected chi connectivity index (χ0v) is 23.3. The number of rotatable bonds is 8. The summed E-state index contributed by atoms with van der Waals surface area (Å²) in [4.78, 5) is 32.7. The van der Waals surface area contributed by atoms with E-state index in [9.17, 15) is 18.3 Å². The minimum absolute atomic E-state index is 0. The fourth-order valence-electron chi connectivity index (χ4n) is 0.543. The van der Waals surface area contributed by atoms with Crippen LogP contribution >= 0.6 is 31.3 Å². The Kier molecular flexibility index (Phi) is 28.0. The molecule has 0 aromatic rings. The SMILES string of the molecule is CC(C)O.CC(C)O.COP(=O)(OC)OP(=O)(O)O.COP(=O)(OC)OP(=O)(O)O.[Ti]. The van der Waals surface area contributed by atoms with Crippen molar-refractivity contribution in [3.05, 3.63) is 0 Å². The quantitative estimate of drug-likeness (QED) is 0.177. The Balaban J connectivity index is -0.000000106. The van der Waals surface area contributed by atoms with Crippen molar-refractivity contribution < 1.29 is 96.5 Å². The van der Waals surface area contributed by atoms with Gasteiger partial charge < -0.3 is 29.8 Å². The standard InChI is InChI=1S/2C3H8O.2C2H8O7P2.Ti/c2*1-3(2)4;2*1-7-11(6,8-2)9-10(3,4)5;/h2*3-4H,1-2H3;2*1-2H3,(H2,3,4,5);. The van der Waals surface area contributed by atoms with Gasteiger partial charge in [0.25, 0.3) is 0 Å². The number of hydrogen-bond donors (Lipinski definition) is 6. The second kappa shape index (κ2) is 20.5. The molecule has 0 saturated heterocycles. The molecule has 0 heterocycles. The van der Waals surface area contributed by atoms with E-state index in [1.807, 2.05) is 0 Å². The van der Waals surface area contributed by atoms with E-state index in [0.29, 0.717) is 0 Å². The van der Waals surface area contributed by atoms with Crippen LogP contribution in [0.1, 0.15) is 27.7 Å². The van der Waals surface area contributed by atoms with E-state index in [2.05, 4.69) is 26.7 Å². The predicted octanol–water partition coefficient (Wildman–Crippen LogP) is 1.76. The zero-order valence-electron chi connectivity index (χ0n) is 18.2. The number of phosphoric ester groups is 2. The number of aliphatic hydroxyl groups excluding tert-OH is 2. The van der Waals surface area contributed by atoms with Gasteiger partial charge in [-0.1, -0.05) is 0 Å². The van der Waals surface area contributed by atoms with Gasteiger partial charge in [0.1, 0.15) is 0 Å². The first-order valence-electron chi connectivity index (χ1n) is 7.45. The largest absolute Gasteiger partial charge is 0.483 e. The Morgan fingerprint density at radius 1 is 0.548 bits per heavy atom. The van der Waals surface area contributed by atoms with Crippen LogP contribution in [0.5, 0.6) is 0 Å². The number of hydrogen-bond acceptors (Lipinski definition) is 12. The molecule has 0 aromatic carbocycles. The van der Waals surface area contributed by atoms with Crippen molar-refractivity contribution in [2.75, 3.05) is 28.4 Å². The molecule has 0 rings (SSSR count). The van der Waals surface area contributed by atoms with Crippen molar-refractivity contribution in [3.8, 4) is 0 Å². The fourth-order valence-corrected chi connectivity index (χ4v) is 3.99. The minimum atomic E-state index is -4.83. The Morgan fingerprint density at radius 3 is 0.710 bits per heavy atom. The van der Waals surface area contributed by atoms with Crippen molar-refractivity contribution in [2.45, 2.75) is 39.9 Å². The van der Waals surface area contributed by atoms with Crippen LogP contribution in [-0.2, 0) is 66.7 Å². The molecule has 21 heteroatoms. The van der Waals surface area contributed by atoms with Gasteiger partial charge in [-0.05, 0) is 27.7 Å². The van der Waals surface area contributed by atoms with E-state index in [1.54, 1.807) is 27.7 Å². The molecule has 0 aliphatic carbocycles. The van der Waals surface area contributed by atoms with Crippen molar-refractivity contribution in [2.24, 2.45) is 0 Å². The molecule has 0 unspecified atom stereocenters. The summed E-state index contributed by atoms with van der Waals surface area (Å²) in [6.07, 6.45) is -0.333. The maximum atomic E-state index is 10.8. The van der Waals surface area contributed by atoms with E-state index in [0.717, 1.165) is 28.4 Å². The van der Waals surface area contributed by atoms with Crippen LogP contribution in [0.2, 0.25) is 0 Å². The third-order valence-electron chi connectivity index (χ3n) is 1.31. The first-order valence-corrected chi connectivity index (χ1v) is 13.4. The predicted molar refractivity (Wildman–Crippen MR) is 104 cm³/mol. The van der Waals surface area contributed by atoms with Crippen LogP contribution in [0.3, 0.4) is 0 Å². The summed E-state index contributed by atoms with van der Waals surface area (Å²) in [5.74, 6) is 0. The first kappa shape index (κ1) is 42.3. The van der Waals surface area contributed by atoms with Gasteiger partial charge in [0.05, 0.1) is 0 Å². The van der Waals surface area contributed by atoms with Gasteiger partial charge in [0.2, 0.25) is 0 Å². The Hall–Kier alpha value is 1.15. The monoisotopic (exact) mass is 580 g/mol. The maximum Gasteiger partial charge on any atom is 0.483 e. The number of phosphoric acid groups is 4. The molecule has 0 aliphatic rings. The molecule has 0 spiro atoms. The third kappa shape index (κ3) is 41.9. The van der Waals surface area contributed by atoms with Crippen LogP contribution in [0, 0.1) is 0 Å². The van der Waals surface area contributed by atoms with Gasteiger partial charge in [-0.3, -0.25) is 18.1 Å². The molecule has 192 valence electrons. The summed E-state index contributed by atoms with van der Waals surface area (Å²) in [5, 5.41) is 16.1. The van der Waals surface area contributed by atoms with Gasteiger partial charge in [-0.15, -0.1) is 0 Å². The second-order valence-electron chi connectivity index (χ2n) is 4.96.